The first-order valence-electron chi connectivity index (χ1n) is 5.68. The zero-order valence-electron chi connectivity index (χ0n) is 9.85. The fourth-order valence-electron chi connectivity index (χ4n) is 1.53. The van der Waals surface area contributed by atoms with Crippen LogP contribution < -0.4 is 11.1 Å². The van der Waals surface area contributed by atoms with Gasteiger partial charge in [-0.3, -0.25) is 0 Å². The molecule has 0 amide bonds. The normalized spacial score (nSPS) is 10.2. The predicted octanol–water partition coefficient (Wildman–Crippen LogP) is 2.23. The first kappa shape index (κ1) is 11.4. The SMILES string of the molecule is CCc1ccc(CNc2nccc(N)n2)cc1. The molecule has 0 aliphatic carbocycles. The molecule has 0 aliphatic heterocycles. The Balaban J connectivity index is 1.97. The predicted molar refractivity (Wildman–Crippen MR) is 69.6 cm³/mol. The Bertz CT molecular complexity index is 479. The number of rotatable bonds is 4. The number of anilines is 2. The Hall–Kier alpha value is -2.10. The van der Waals surface area contributed by atoms with Crippen molar-refractivity contribution in [3.05, 3.63) is 47.7 Å². The van der Waals surface area contributed by atoms with E-state index >= 15 is 0 Å². The Labute approximate surface area is 101 Å². The molecule has 4 heteroatoms. The quantitative estimate of drug-likeness (QED) is 0.842. The van der Waals surface area contributed by atoms with Gasteiger partial charge in [-0.15, -0.1) is 0 Å². The third kappa shape index (κ3) is 3.17. The van der Waals surface area contributed by atoms with E-state index in [0.717, 1.165) is 6.42 Å². The summed E-state index contributed by atoms with van der Waals surface area (Å²) in [5, 5.41) is 3.14. The Morgan fingerprint density at radius 3 is 2.47 bits per heavy atom. The molecule has 0 saturated heterocycles. The number of aromatic nitrogens is 2. The number of nitrogens with two attached hydrogens (primary N) is 1. The molecule has 0 aliphatic rings. The van der Waals surface area contributed by atoms with Crippen molar-refractivity contribution in [1.82, 2.24) is 9.97 Å². The lowest BCUT2D eigenvalue weighted by Crippen LogP contribution is -2.04. The van der Waals surface area contributed by atoms with Gasteiger partial charge < -0.3 is 11.1 Å². The average Bonchev–Trinajstić information content (AvgIpc) is 2.37. The summed E-state index contributed by atoms with van der Waals surface area (Å²) in [5.41, 5.74) is 8.12. The van der Waals surface area contributed by atoms with Gasteiger partial charge in [0.15, 0.2) is 0 Å². The van der Waals surface area contributed by atoms with Crippen molar-refractivity contribution in [3.8, 4) is 0 Å². The summed E-state index contributed by atoms with van der Waals surface area (Å²) in [7, 11) is 0. The van der Waals surface area contributed by atoms with Crippen LogP contribution in [0.2, 0.25) is 0 Å². The third-order valence-corrected chi connectivity index (χ3v) is 2.56. The molecule has 0 saturated carbocycles. The van der Waals surface area contributed by atoms with Gasteiger partial charge in [0.05, 0.1) is 0 Å². The van der Waals surface area contributed by atoms with E-state index in [0.29, 0.717) is 18.3 Å². The molecule has 1 aromatic carbocycles. The number of nitrogens with zero attached hydrogens (tertiary/aromatic N) is 2. The van der Waals surface area contributed by atoms with E-state index in [1.807, 2.05) is 0 Å². The molecule has 0 unspecified atom stereocenters. The molecule has 2 aromatic rings. The van der Waals surface area contributed by atoms with Crippen LogP contribution in [0.4, 0.5) is 11.8 Å². The summed E-state index contributed by atoms with van der Waals surface area (Å²) < 4.78 is 0. The summed E-state index contributed by atoms with van der Waals surface area (Å²) in [4.78, 5) is 8.16. The highest BCUT2D eigenvalue weighted by molar-refractivity contribution is 5.36. The maximum absolute atomic E-state index is 5.57. The molecule has 0 fully saturated rings. The molecular weight excluding hydrogens is 212 g/mol. The van der Waals surface area contributed by atoms with E-state index in [-0.39, 0.29) is 0 Å². The number of aryl methyl sites for hydroxylation is 1. The van der Waals surface area contributed by atoms with Gasteiger partial charge in [-0.1, -0.05) is 31.2 Å². The molecule has 4 nitrogen and oxygen atoms in total. The third-order valence-electron chi connectivity index (χ3n) is 2.56. The standard InChI is InChI=1S/C13H16N4/c1-2-10-3-5-11(6-4-10)9-16-13-15-8-7-12(14)17-13/h3-8H,2,9H2,1H3,(H3,14,15,16,17). The fraction of sp³-hybridized carbons (Fsp3) is 0.231. The highest BCUT2D eigenvalue weighted by Crippen LogP contribution is 2.07. The minimum absolute atomic E-state index is 0.476. The molecule has 3 N–H and O–H groups in total. The molecule has 0 atom stereocenters. The second-order valence-electron chi connectivity index (χ2n) is 3.83. The molecule has 1 aromatic heterocycles. The van der Waals surface area contributed by atoms with Crippen molar-refractivity contribution in [3.63, 3.8) is 0 Å². The van der Waals surface area contributed by atoms with Crippen LogP contribution >= 0.6 is 0 Å². The molecular formula is C13H16N4. The van der Waals surface area contributed by atoms with Crippen molar-refractivity contribution in [2.75, 3.05) is 11.1 Å². The largest absolute Gasteiger partial charge is 0.384 e. The van der Waals surface area contributed by atoms with E-state index in [1.54, 1.807) is 12.3 Å². The number of hydrogen-bond donors (Lipinski definition) is 2. The number of benzene rings is 1. The van der Waals surface area contributed by atoms with E-state index < -0.39 is 0 Å². The van der Waals surface area contributed by atoms with Crippen molar-refractivity contribution >= 4 is 11.8 Å². The Morgan fingerprint density at radius 1 is 1.12 bits per heavy atom. The summed E-state index contributed by atoms with van der Waals surface area (Å²) in [6, 6.07) is 10.2. The van der Waals surface area contributed by atoms with Crippen molar-refractivity contribution in [1.29, 1.82) is 0 Å². The number of hydrogen-bond acceptors (Lipinski definition) is 4. The zero-order chi connectivity index (χ0) is 12.1. The average molecular weight is 228 g/mol. The second-order valence-corrected chi connectivity index (χ2v) is 3.83. The van der Waals surface area contributed by atoms with Crippen LogP contribution in [0.3, 0.4) is 0 Å². The van der Waals surface area contributed by atoms with Gasteiger partial charge in [0.1, 0.15) is 5.82 Å². The summed E-state index contributed by atoms with van der Waals surface area (Å²) in [5.74, 6) is 1.04. The monoisotopic (exact) mass is 228 g/mol. The second kappa shape index (κ2) is 5.30. The topological polar surface area (TPSA) is 63.8 Å². The van der Waals surface area contributed by atoms with Crippen LogP contribution in [-0.4, -0.2) is 9.97 Å². The molecule has 0 spiro atoms. The molecule has 1 heterocycles. The van der Waals surface area contributed by atoms with Gasteiger partial charge in [-0.2, -0.15) is 4.98 Å². The summed E-state index contributed by atoms with van der Waals surface area (Å²) >= 11 is 0. The number of nitrogen functional groups attached to an aromatic ring is 1. The van der Waals surface area contributed by atoms with Gasteiger partial charge in [-0.05, 0) is 23.6 Å². The molecule has 17 heavy (non-hydrogen) atoms. The Morgan fingerprint density at radius 2 is 1.82 bits per heavy atom. The van der Waals surface area contributed by atoms with E-state index in [1.165, 1.54) is 11.1 Å². The molecule has 0 bridgehead atoms. The summed E-state index contributed by atoms with van der Waals surface area (Å²) in [6.45, 7) is 2.85. The van der Waals surface area contributed by atoms with Crippen LogP contribution in [0.5, 0.6) is 0 Å². The number of nitrogens with one attached hydrogen (secondary N) is 1. The van der Waals surface area contributed by atoms with Crippen LogP contribution in [0.1, 0.15) is 18.1 Å². The maximum atomic E-state index is 5.57. The van der Waals surface area contributed by atoms with E-state index in [4.69, 9.17) is 5.73 Å². The smallest absolute Gasteiger partial charge is 0.224 e. The highest BCUT2D eigenvalue weighted by atomic mass is 15.1. The van der Waals surface area contributed by atoms with Gasteiger partial charge in [0.2, 0.25) is 5.95 Å². The van der Waals surface area contributed by atoms with E-state index in [2.05, 4.69) is 46.5 Å². The van der Waals surface area contributed by atoms with Crippen molar-refractivity contribution in [2.45, 2.75) is 19.9 Å². The van der Waals surface area contributed by atoms with Crippen molar-refractivity contribution in [2.24, 2.45) is 0 Å². The lowest BCUT2D eigenvalue weighted by Gasteiger charge is -2.05. The van der Waals surface area contributed by atoms with Crippen molar-refractivity contribution < 1.29 is 0 Å². The summed E-state index contributed by atoms with van der Waals surface area (Å²) in [6.07, 6.45) is 2.71. The lowest BCUT2D eigenvalue weighted by atomic mass is 10.1. The van der Waals surface area contributed by atoms with Gasteiger partial charge in [0, 0.05) is 12.7 Å². The van der Waals surface area contributed by atoms with Crippen LogP contribution in [0.15, 0.2) is 36.5 Å². The highest BCUT2D eigenvalue weighted by Gasteiger charge is 1.97. The minimum atomic E-state index is 0.476. The van der Waals surface area contributed by atoms with Crippen LogP contribution in [0, 0.1) is 0 Å². The Kier molecular flexibility index (Phi) is 3.55. The zero-order valence-corrected chi connectivity index (χ0v) is 9.85. The lowest BCUT2D eigenvalue weighted by molar-refractivity contribution is 1.05. The molecule has 88 valence electrons. The minimum Gasteiger partial charge on any atom is -0.384 e. The first-order chi connectivity index (χ1) is 8.28. The molecule has 0 radical (unpaired) electrons. The maximum Gasteiger partial charge on any atom is 0.224 e. The van der Waals surface area contributed by atoms with Gasteiger partial charge in [0.25, 0.3) is 0 Å². The van der Waals surface area contributed by atoms with E-state index in [9.17, 15) is 0 Å². The van der Waals surface area contributed by atoms with Gasteiger partial charge in [-0.25, -0.2) is 4.98 Å². The van der Waals surface area contributed by atoms with Gasteiger partial charge >= 0.3 is 0 Å². The van der Waals surface area contributed by atoms with Crippen LogP contribution in [0.25, 0.3) is 0 Å². The fourth-order valence-corrected chi connectivity index (χ4v) is 1.53. The first-order valence-corrected chi connectivity index (χ1v) is 5.68. The molecule has 2 rings (SSSR count). The van der Waals surface area contributed by atoms with Crippen LogP contribution in [-0.2, 0) is 13.0 Å².